The third-order valence-electron chi connectivity index (χ3n) is 2.71. The molecule has 1 unspecified atom stereocenters. The minimum atomic E-state index is -1.24. The molecule has 7 heteroatoms. The summed E-state index contributed by atoms with van der Waals surface area (Å²) in [7, 11) is 1.56. The molecule has 106 valence electrons. The second-order valence-electron chi connectivity index (χ2n) is 4.34. The number of urea groups is 1. The van der Waals surface area contributed by atoms with Gasteiger partial charge in [-0.25, -0.2) is 9.59 Å². The number of carboxylic acids is 1. The van der Waals surface area contributed by atoms with E-state index in [1.807, 2.05) is 0 Å². The lowest BCUT2D eigenvalue weighted by atomic mass is 10.1. The van der Waals surface area contributed by atoms with Gasteiger partial charge in [0.25, 0.3) is 5.91 Å². The fourth-order valence-electron chi connectivity index (χ4n) is 1.73. The highest BCUT2D eigenvalue weighted by Crippen LogP contribution is 2.13. The predicted molar refractivity (Wildman–Crippen MR) is 66.5 cm³/mol. The van der Waals surface area contributed by atoms with Gasteiger partial charge in [0.1, 0.15) is 0 Å². The molecule has 19 heavy (non-hydrogen) atoms. The maximum atomic E-state index is 11.6. The number of imide groups is 1. The van der Waals surface area contributed by atoms with E-state index in [-0.39, 0.29) is 6.10 Å². The first-order valence-electron chi connectivity index (χ1n) is 6.07. The summed E-state index contributed by atoms with van der Waals surface area (Å²) in [5, 5.41) is 10.4. The van der Waals surface area contributed by atoms with Crippen molar-refractivity contribution >= 4 is 17.9 Å². The smallest absolute Gasteiger partial charge is 0.328 e. The zero-order chi connectivity index (χ0) is 14.3. The first-order chi connectivity index (χ1) is 8.99. The van der Waals surface area contributed by atoms with Crippen molar-refractivity contribution < 1.29 is 24.2 Å². The first-order valence-corrected chi connectivity index (χ1v) is 6.07. The maximum absolute atomic E-state index is 11.6. The Hall–Kier alpha value is -1.89. The molecule has 0 aromatic heterocycles. The highest BCUT2D eigenvalue weighted by Gasteiger charge is 2.19. The fraction of sp³-hybridized carbons (Fsp3) is 0.583. The fourth-order valence-corrected chi connectivity index (χ4v) is 1.73. The van der Waals surface area contributed by atoms with Crippen LogP contribution in [0.2, 0.25) is 0 Å². The van der Waals surface area contributed by atoms with E-state index in [0.717, 1.165) is 25.3 Å². The molecule has 1 heterocycles. The van der Waals surface area contributed by atoms with Gasteiger partial charge >= 0.3 is 12.0 Å². The highest BCUT2D eigenvalue weighted by atomic mass is 16.5. The van der Waals surface area contributed by atoms with Gasteiger partial charge in [-0.1, -0.05) is 0 Å². The molecule has 1 aliphatic heterocycles. The monoisotopic (exact) mass is 270 g/mol. The van der Waals surface area contributed by atoms with E-state index < -0.39 is 17.9 Å². The molecule has 2 N–H and O–H groups in total. The highest BCUT2D eigenvalue weighted by molar-refractivity contribution is 6.02. The molecule has 1 aliphatic rings. The third-order valence-corrected chi connectivity index (χ3v) is 2.71. The molecule has 1 atom stereocenters. The molecule has 1 fully saturated rings. The molecule has 0 aromatic rings. The summed E-state index contributed by atoms with van der Waals surface area (Å²) < 4.78 is 5.48. The number of nitrogens with zero attached hydrogens (tertiary/aromatic N) is 1. The molecule has 0 bridgehead atoms. The standard InChI is InChI=1S/C12H18N2O5/c1-14(8-9-4-2-3-7-19-9)12(18)13-10(15)5-6-11(16)17/h5-6,9H,2-4,7-8H2,1H3,(H,16,17)(H,13,15,18). The Morgan fingerprint density at radius 1 is 1.37 bits per heavy atom. The van der Waals surface area contributed by atoms with Crippen molar-refractivity contribution in [2.45, 2.75) is 25.4 Å². The van der Waals surface area contributed by atoms with Gasteiger partial charge in [-0.05, 0) is 19.3 Å². The van der Waals surface area contributed by atoms with Gasteiger partial charge in [-0.2, -0.15) is 0 Å². The van der Waals surface area contributed by atoms with Crippen LogP contribution < -0.4 is 5.32 Å². The van der Waals surface area contributed by atoms with Crippen LogP contribution in [-0.4, -0.2) is 54.2 Å². The normalized spacial score (nSPS) is 19.1. The van der Waals surface area contributed by atoms with E-state index in [1.165, 1.54) is 4.90 Å². The van der Waals surface area contributed by atoms with Crippen LogP contribution in [0.15, 0.2) is 12.2 Å². The number of hydrogen-bond acceptors (Lipinski definition) is 4. The topological polar surface area (TPSA) is 95.9 Å². The summed E-state index contributed by atoms with van der Waals surface area (Å²) in [4.78, 5) is 34.4. The largest absolute Gasteiger partial charge is 0.478 e. The molecular weight excluding hydrogens is 252 g/mol. The van der Waals surface area contributed by atoms with Crippen LogP contribution >= 0.6 is 0 Å². The van der Waals surface area contributed by atoms with Gasteiger partial charge < -0.3 is 14.7 Å². The molecule has 1 saturated heterocycles. The lowest BCUT2D eigenvalue weighted by Gasteiger charge is -2.27. The average molecular weight is 270 g/mol. The lowest BCUT2D eigenvalue weighted by Crippen LogP contribution is -2.44. The van der Waals surface area contributed by atoms with Crippen molar-refractivity contribution in [1.82, 2.24) is 10.2 Å². The van der Waals surface area contributed by atoms with Gasteiger partial charge in [-0.3, -0.25) is 10.1 Å². The Bertz CT molecular complexity index is 374. The summed E-state index contributed by atoms with van der Waals surface area (Å²) in [6.07, 6.45) is 4.46. The second kappa shape index (κ2) is 7.52. The SMILES string of the molecule is CN(CC1CCCCO1)C(=O)NC(=O)C=CC(=O)O. The molecular formula is C12H18N2O5. The van der Waals surface area contributed by atoms with Crippen molar-refractivity contribution in [3.05, 3.63) is 12.2 Å². The Balaban J connectivity index is 2.35. The Labute approximate surface area is 111 Å². The molecule has 3 amide bonds. The van der Waals surface area contributed by atoms with Crippen LogP contribution in [0.3, 0.4) is 0 Å². The lowest BCUT2D eigenvalue weighted by molar-refractivity contribution is -0.131. The number of amides is 3. The number of carbonyl (C=O) groups is 3. The number of ether oxygens (including phenoxy) is 1. The van der Waals surface area contributed by atoms with Gasteiger partial charge in [-0.15, -0.1) is 0 Å². The van der Waals surface area contributed by atoms with E-state index in [9.17, 15) is 14.4 Å². The number of likely N-dealkylation sites (N-methyl/N-ethyl adjacent to an activating group) is 1. The summed E-state index contributed by atoms with van der Waals surface area (Å²) in [6.45, 7) is 1.10. The van der Waals surface area contributed by atoms with Gasteiger partial charge in [0.2, 0.25) is 0 Å². The summed E-state index contributed by atoms with van der Waals surface area (Å²) in [5.74, 6) is -2.00. The van der Waals surface area contributed by atoms with Crippen LogP contribution in [0.25, 0.3) is 0 Å². The minimum Gasteiger partial charge on any atom is -0.478 e. The Morgan fingerprint density at radius 3 is 2.68 bits per heavy atom. The summed E-state index contributed by atoms with van der Waals surface area (Å²) >= 11 is 0. The first kappa shape index (κ1) is 15.2. The molecule has 1 rings (SSSR count). The van der Waals surface area contributed by atoms with E-state index in [4.69, 9.17) is 9.84 Å². The maximum Gasteiger partial charge on any atom is 0.328 e. The number of hydrogen-bond donors (Lipinski definition) is 2. The Morgan fingerprint density at radius 2 is 2.11 bits per heavy atom. The second-order valence-corrected chi connectivity index (χ2v) is 4.34. The van der Waals surface area contributed by atoms with Gasteiger partial charge in [0.05, 0.1) is 6.10 Å². The Kier molecular flexibility index (Phi) is 6.01. The van der Waals surface area contributed by atoms with Crippen LogP contribution in [0.1, 0.15) is 19.3 Å². The van der Waals surface area contributed by atoms with Crippen LogP contribution in [0, 0.1) is 0 Å². The van der Waals surface area contributed by atoms with Crippen molar-refractivity contribution in [1.29, 1.82) is 0 Å². The number of carbonyl (C=O) groups excluding carboxylic acids is 2. The third kappa shape index (κ3) is 6.01. The molecule has 0 radical (unpaired) electrons. The van der Waals surface area contributed by atoms with Gasteiger partial charge in [0, 0.05) is 32.4 Å². The zero-order valence-electron chi connectivity index (χ0n) is 10.8. The van der Waals surface area contributed by atoms with Crippen molar-refractivity contribution in [2.24, 2.45) is 0 Å². The van der Waals surface area contributed by atoms with E-state index >= 15 is 0 Å². The number of aliphatic carboxylic acids is 1. The number of carboxylic acid groups (broad SMARTS) is 1. The number of nitrogens with one attached hydrogen (secondary N) is 1. The average Bonchev–Trinajstić information content (AvgIpc) is 2.37. The van der Waals surface area contributed by atoms with Crippen molar-refractivity contribution in [2.75, 3.05) is 20.2 Å². The van der Waals surface area contributed by atoms with Crippen LogP contribution in [-0.2, 0) is 14.3 Å². The summed E-state index contributed by atoms with van der Waals surface area (Å²) in [5.41, 5.74) is 0. The molecule has 0 aliphatic carbocycles. The van der Waals surface area contributed by atoms with E-state index in [1.54, 1.807) is 7.05 Å². The van der Waals surface area contributed by atoms with E-state index in [2.05, 4.69) is 5.32 Å². The van der Waals surface area contributed by atoms with Crippen LogP contribution in [0.5, 0.6) is 0 Å². The van der Waals surface area contributed by atoms with Crippen molar-refractivity contribution in [3.63, 3.8) is 0 Å². The van der Waals surface area contributed by atoms with Gasteiger partial charge in [0.15, 0.2) is 0 Å². The molecule has 0 saturated carbocycles. The minimum absolute atomic E-state index is 0.00540. The molecule has 7 nitrogen and oxygen atoms in total. The zero-order valence-corrected chi connectivity index (χ0v) is 10.8. The van der Waals surface area contributed by atoms with Crippen LogP contribution in [0.4, 0.5) is 4.79 Å². The molecule has 0 spiro atoms. The summed E-state index contributed by atoms with van der Waals surface area (Å²) in [6, 6.07) is -0.575. The quantitative estimate of drug-likeness (QED) is 0.719. The van der Waals surface area contributed by atoms with E-state index in [0.29, 0.717) is 19.2 Å². The molecule has 0 aromatic carbocycles. The predicted octanol–water partition coefficient (Wildman–Crippen LogP) is 0.364. The van der Waals surface area contributed by atoms with Crippen molar-refractivity contribution in [3.8, 4) is 0 Å². The number of rotatable bonds is 4.